The maximum atomic E-state index is 11.1. The van der Waals surface area contributed by atoms with Crippen LogP contribution in [0.5, 0.6) is 0 Å². The van der Waals surface area contributed by atoms with Gasteiger partial charge in [0, 0.05) is 6.61 Å². The van der Waals surface area contributed by atoms with Gasteiger partial charge in [-0.15, -0.1) is 0 Å². The van der Waals surface area contributed by atoms with Gasteiger partial charge in [-0.25, -0.2) is 0 Å². The molecule has 3 nitrogen and oxygen atoms in total. The molecule has 0 fully saturated rings. The highest BCUT2D eigenvalue weighted by molar-refractivity contribution is 5.88. The molecule has 0 aliphatic carbocycles. The first-order valence-corrected chi connectivity index (χ1v) is 3.88. The molecule has 0 aliphatic heterocycles. The maximum absolute atomic E-state index is 11.1. The SMILES string of the molecule is CCCOCC(=O)C(C)(C)N. The monoisotopic (exact) mass is 159 g/mol. The Morgan fingerprint density at radius 3 is 2.45 bits per heavy atom. The molecule has 0 rings (SSSR count). The lowest BCUT2D eigenvalue weighted by atomic mass is 10.0. The van der Waals surface area contributed by atoms with Crippen molar-refractivity contribution in [1.82, 2.24) is 0 Å². The van der Waals surface area contributed by atoms with E-state index in [9.17, 15) is 4.79 Å². The maximum Gasteiger partial charge on any atom is 0.177 e. The van der Waals surface area contributed by atoms with Crippen molar-refractivity contribution < 1.29 is 9.53 Å². The van der Waals surface area contributed by atoms with Gasteiger partial charge in [-0.3, -0.25) is 4.79 Å². The van der Waals surface area contributed by atoms with Crippen LogP contribution in [0.25, 0.3) is 0 Å². The van der Waals surface area contributed by atoms with E-state index in [2.05, 4.69) is 0 Å². The van der Waals surface area contributed by atoms with Crippen molar-refractivity contribution >= 4 is 5.78 Å². The molecule has 0 spiro atoms. The molecule has 2 N–H and O–H groups in total. The number of hydrogen-bond acceptors (Lipinski definition) is 3. The van der Waals surface area contributed by atoms with Crippen molar-refractivity contribution in [1.29, 1.82) is 0 Å². The number of Topliss-reactive ketones (excluding diaryl/α,β-unsaturated/α-hetero) is 1. The topological polar surface area (TPSA) is 52.3 Å². The van der Waals surface area contributed by atoms with E-state index in [-0.39, 0.29) is 12.4 Å². The van der Waals surface area contributed by atoms with Crippen LogP contribution in [0.1, 0.15) is 27.2 Å². The molecule has 0 heterocycles. The fourth-order valence-electron chi connectivity index (χ4n) is 0.495. The number of rotatable bonds is 5. The number of hydrogen-bond donors (Lipinski definition) is 1. The minimum atomic E-state index is -0.756. The zero-order valence-electron chi connectivity index (χ0n) is 7.52. The summed E-state index contributed by atoms with van der Waals surface area (Å²) in [7, 11) is 0. The molecular formula is C8H17NO2. The highest BCUT2D eigenvalue weighted by Crippen LogP contribution is 1.98. The lowest BCUT2D eigenvalue weighted by molar-refractivity contribution is -0.127. The minimum Gasteiger partial charge on any atom is -0.374 e. The zero-order chi connectivity index (χ0) is 8.91. The van der Waals surface area contributed by atoms with Gasteiger partial charge in [0.15, 0.2) is 5.78 Å². The number of ketones is 1. The molecule has 0 atom stereocenters. The molecule has 0 aromatic carbocycles. The van der Waals surface area contributed by atoms with Crippen LogP contribution < -0.4 is 5.73 Å². The summed E-state index contributed by atoms with van der Waals surface area (Å²) in [5, 5.41) is 0. The third-order valence-electron chi connectivity index (χ3n) is 1.30. The molecule has 3 heteroatoms. The first-order chi connectivity index (χ1) is 4.98. The van der Waals surface area contributed by atoms with Crippen LogP contribution in [0.2, 0.25) is 0 Å². The molecule has 0 saturated carbocycles. The fourth-order valence-corrected chi connectivity index (χ4v) is 0.495. The van der Waals surface area contributed by atoms with Crippen molar-refractivity contribution in [2.45, 2.75) is 32.7 Å². The van der Waals surface area contributed by atoms with Gasteiger partial charge >= 0.3 is 0 Å². The third-order valence-corrected chi connectivity index (χ3v) is 1.30. The molecule has 0 bridgehead atoms. The molecular weight excluding hydrogens is 142 g/mol. The number of carbonyl (C=O) groups is 1. The molecule has 0 radical (unpaired) electrons. The van der Waals surface area contributed by atoms with E-state index >= 15 is 0 Å². The van der Waals surface area contributed by atoms with Gasteiger partial charge in [0.1, 0.15) is 6.61 Å². The summed E-state index contributed by atoms with van der Waals surface area (Å²) in [6, 6.07) is 0. The van der Waals surface area contributed by atoms with Crippen LogP contribution in [-0.4, -0.2) is 24.5 Å². The van der Waals surface area contributed by atoms with Crippen LogP contribution >= 0.6 is 0 Å². The van der Waals surface area contributed by atoms with Gasteiger partial charge in [0.2, 0.25) is 0 Å². The second-order valence-electron chi connectivity index (χ2n) is 3.20. The first-order valence-electron chi connectivity index (χ1n) is 3.88. The summed E-state index contributed by atoms with van der Waals surface area (Å²) in [6.45, 7) is 6.13. The van der Waals surface area contributed by atoms with Crippen molar-refractivity contribution in [3.05, 3.63) is 0 Å². The summed E-state index contributed by atoms with van der Waals surface area (Å²) in [5.41, 5.74) is 4.78. The molecule has 66 valence electrons. The van der Waals surface area contributed by atoms with E-state index in [0.29, 0.717) is 6.61 Å². The molecule has 11 heavy (non-hydrogen) atoms. The number of ether oxygens (including phenoxy) is 1. The summed E-state index contributed by atoms with van der Waals surface area (Å²) >= 11 is 0. The normalized spacial score (nSPS) is 11.6. The predicted octanol–water partition coefficient (Wildman–Crippen LogP) is 0.719. The number of nitrogens with two attached hydrogens (primary N) is 1. The number of carbonyl (C=O) groups excluding carboxylic acids is 1. The molecule has 0 unspecified atom stereocenters. The highest BCUT2D eigenvalue weighted by atomic mass is 16.5. The second-order valence-corrected chi connectivity index (χ2v) is 3.20. The van der Waals surface area contributed by atoms with Crippen molar-refractivity contribution in [2.24, 2.45) is 5.73 Å². The van der Waals surface area contributed by atoms with Crippen LogP contribution in [0.15, 0.2) is 0 Å². The molecule has 0 aliphatic rings. The Bertz CT molecular complexity index is 127. The van der Waals surface area contributed by atoms with E-state index in [1.165, 1.54) is 0 Å². The van der Waals surface area contributed by atoms with Crippen LogP contribution in [0.3, 0.4) is 0 Å². The van der Waals surface area contributed by atoms with Crippen LogP contribution in [0, 0.1) is 0 Å². The van der Waals surface area contributed by atoms with Gasteiger partial charge in [-0.1, -0.05) is 6.92 Å². The lowest BCUT2D eigenvalue weighted by Crippen LogP contribution is -2.43. The van der Waals surface area contributed by atoms with Crippen molar-refractivity contribution in [3.63, 3.8) is 0 Å². The summed E-state index contributed by atoms with van der Waals surface area (Å²) < 4.78 is 5.04. The Morgan fingerprint density at radius 2 is 2.09 bits per heavy atom. The average Bonchev–Trinajstić information content (AvgIpc) is 1.86. The second kappa shape index (κ2) is 4.46. The van der Waals surface area contributed by atoms with Crippen molar-refractivity contribution in [3.8, 4) is 0 Å². The highest BCUT2D eigenvalue weighted by Gasteiger charge is 2.21. The quantitative estimate of drug-likeness (QED) is 0.601. The van der Waals surface area contributed by atoms with Gasteiger partial charge in [-0.2, -0.15) is 0 Å². The lowest BCUT2D eigenvalue weighted by Gasteiger charge is -2.16. The largest absolute Gasteiger partial charge is 0.374 e. The average molecular weight is 159 g/mol. The van der Waals surface area contributed by atoms with Gasteiger partial charge in [0.05, 0.1) is 5.54 Å². The molecule has 0 amide bonds. The molecule has 0 aromatic rings. The Labute approximate surface area is 67.9 Å². The summed E-state index contributed by atoms with van der Waals surface area (Å²) in [4.78, 5) is 11.1. The molecule has 0 saturated heterocycles. The van der Waals surface area contributed by atoms with E-state index in [4.69, 9.17) is 10.5 Å². The summed E-state index contributed by atoms with van der Waals surface area (Å²) in [6.07, 6.45) is 0.929. The Hall–Kier alpha value is -0.410. The van der Waals surface area contributed by atoms with E-state index in [1.807, 2.05) is 6.92 Å². The third kappa shape index (κ3) is 4.93. The Kier molecular flexibility index (Phi) is 4.30. The van der Waals surface area contributed by atoms with Gasteiger partial charge in [-0.05, 0) is 20.3 Å². The smallest absolute Gasteiger partial charge is 0.177 e. The van der Waals surface area contributed by atoms with Crippen LogP contribution in [0.4, 0.5) is 0 Å². The predicted molar refractivity (Wildman–Crippen MR) is 44.4 cm³/mol. The van der Waals surface area contributed by atoms with Crippen LogP contribution in [-0.2, 0) is 9.53 Å². The molecule has 0 aromatic heterocycles. The Morgan fingerprint density at radius 1 is 1.55 bits per heavy atom. The summed E-state index contributed by atoms with van der Waals surface area (Å²) in [5.74, 6) is -0.0500. The minimum absolute atomic E-state index is 0.0500. The van der Waals surface area contributed by atoms with Crippen molar-refractivity contribution in [2.75, 3.05) is 13.2 Å². The zero-order valence-corrected chi connectivity index (χ0v) is 7.52. The Balaban J connectivity index is 3.54. The first kappa shape index (κ1) is 10.6. The standard InChI is InChI=1S/C8H17NO2/c1-4-5-11-6-7(10)8(2,3)9/h4-6,9H2,1-3H3. The van der Waals surface area contributed by atoms with E-state index in [1.54, 1.807) is 13.8 Å². The van der Waals surface area contributed by atoms with E-state index < -0.39 is 5.54 Å². The van der Waals surface area contributed by atoms with E-state index in [0.717, 1.165) is 6.42 Å². The van der Waals surface area contributed by atoms with Gasteiger partial charge in [0.25, 0.3) is 0 Å². The van der Waals surface area contributed by atoms with Gasteiger partial charge < -0.3 is 10.5 Å². The fraction of sp³-hybridized carbons (Fsp3) is 0.875.